The summed E-state index contributed by atoms with van der Waals surface area (Å²) in [6, 6.07) is 4.87. The van der Waals surface area contributed by atoms with E-state index < -0.39 is 5.91 Å². The lowest BCUT2D eigenvalue weighted by molar-refractivity contribution is 0.100. The number of benzene rings is 1. The smallest absolute Gasteiger partial charge is 0.248 e. The van der Waals surface area contributed by atoms with Gasteiger partial charge in [-0.2, -0.15) is 0 Å². The summed E-state index contributed by atoms with van der Waals surface area (Å²) in [5.74, 6) is -0.473. The van der Waals surface area contributed by atoms with Gasteiger partial charge in [-0.3, -0.25) is 4.79 Å². The quantitative estimate of drug-likeness (QED) is 0.732. The van der Waals surface area contributed by atoms with Crippen molar-refractivity contribution in [1.82, 2.24) is 0 Å². The maximum Gasteiger partial charge on any atom is 0.248 e. The molecule has 1 aromatic carbocycles. The zero-order valence-corrected chi connectivity index (χ0v) is 7.35. The molecule has 0 saturated carbocycles. The van der Waals surface area contributed by atoms with E-state index in [9.17, 15) is 4.79 Å². The van der Waals surface area contributed by atoms with Gasteiger partial charge >= 0.3 is 0 Å². The van der Waals surface area contributed by atoms with Crippen molar-refractivity contribution in [3.63, 3.8) is 0 Å². The Bertz CT molecular complexity index is 312. The van der Waals surface area contributed by atoms with Crippen molar-refractivity contribution in [2.24, 2.45) is 5.73 Å². The fourth-order valence-electron chi connectivity index (χ4n) is 0.871. The summed E-state index contributed by atoms with van der Waals surface area (Å²) < 4.78 is 0. The van der Waals surface area contributed by atoms with Crippen LogP contribution in [0.1, 0.15) is 10.4 Å². The maximum atomic E-state index is 10.7. The number of amides is 1. The molecule has 12 heavy (non-hydrogen) atoms. The molecule has 0 aliphatic rings. The van der Waals surface area contributed by atoms with E-state index >= 15 is 0 Å². The molecule has 0 spiro atoms. The van der Waals surface area contributed by atoms with Gasteiger partial charge in [0.15, 0.2) is 0 Å². The highest BCUT2D eigenvalue weighted by atomic mass is 35.5. The molecule has 0 aliphatic carbocycles. The molecule has 1 amide bonds. The Labute approximate surface area is 75.5 Å². The number of hydrogen-bond acceptors (Lipinski definition) is 2. The second kappa shape index (κ2) is 3.45. The van der Waals surface area contributed by atoms with E-state index in [1.807, 2.05) is 0 Å². The van der Waals surface area contributed by atoms with Crippen LogP contribution >= 0.6 is 11.6 Å². The van der Waals surface area contributed by atoms with E-state index in [2.05, 4.69) is 5.32 Å². The number of primary amides is 1. The van der Waals surface area contributed by atoms with Crippen LogP contribution in [0.25, 0.3) is 0 Å². The van der Waals surface area contributed by atoms with E-state index in [0.29, 0.717) is 10.6 Å². The number of anilines is 1. The lowest BCUT2D eigenvalue weighted by Gasteiger charge is -2.03. The van der Waals surface area contributed by atoms with Crippen molar-refractivity contribution in [3.05, 3.63) is 28.8 Å². The van der Waals surface area contributed by atoms with Gasteiger partial charge in [0.25, 0.3) is 0 Å². The molecule has 0 radical (unpaired) electrons. The summed E-state index contributed by atoms with van der Waals surface area (Å²) in [6.07, 6.45) is 0. The molecule has 64 valence electrons. The molecule has 0 heterocycles. The second-order valence-electron chi connectivity index (χ2n) is 2.31. The van der Waals surface area contributed by atoms with Crippen LogP contribution in [-0.2, 0) is 0 Å². The molecule has 3 N–H and O–H groups in total. The average Bonchev–Trinajstić information content (AvgIpc) is 2.04. The Balaban J connectivity index is 3.10. The van der Waals surface area contributed by atoms with Crippen LogP contribution in [0, 0.1) is 0 Å². The number of carbonyl (C=O) groups excluding carboxylic acids is 1. The molecule has 1 rings (SSSR count). The normalized spacial score (nSPS) is 9.50. The summed E-state index contributed by atoms with van der Waals surface area (Å²) in [6.45, 7) is 0. The van der Waals surface area contributed by atoms with Crippen molar-refractivity contribution < 1.29 is 4.79 Å². The van der Waals surface area contributed by atoms with Gasteiger partial charge in [-0.25, -0.2) is 0 Å². The molecule has 1 aromatic rings. The molecular formula is C8H9ClN2O. The number of halogens is 1. The highest BCUT2D eigenvalue weighted by Gasteiger charge is 2.03. The summed E-state index contributed by atoms with van der Waals surface area (Å²) in [5.41, 5.74) is 6.25. The average molecular weight is 185 g/mol. The minimum atomic E-state index is -0.473. The molecule has 0 aliphatic heterocycles. The summed E-state index contributed by atoms with van der Waals surface area (Å²) >= 11 is 5.80. The standard InChI is InChI=1S/C8H9ClN2O/c1-11-7-3-2-5(8(10)12)4-6(7)9/h2-4,11H,1H3,(H2,10,12). The van der Waals surface area contributed by atoms with Crippen LogP contribution in [0.4, 0.5) is 5.69 Å². The van der Waals surface area contributed by atoms with Gasteiger partial charge in [0.05, 0.1) is 10.7 Å². The number of nitrogens with two attached hydrogens (primary N) is 1. The molecular weight excluding hydrogens is 176 g/mol. The largest absolute Gasteiger partial charge is 0.387 e. The van der Waals surface area contributed by atoms with Crippen molar-refractivity contribution in [1.29, 1.82) is 0 Å². The molecule has 0 fully saturated rings. The Morgan fingerprint density at radius 3 is 2.67 bits per heavy atom. The van der Waals surface area contributed by atoms with Crippen LogP contribution in [-0.4, -0.2) is 13.0 Å². The minimum absolute atomic E-state index is 0.416. The first-order valence-corrected chi connectivity index (χ1v) is 3.80. The van der Waals surface area contributed by atoms with E-state index in [1.54, 1.807) is 19.2 Å². The highest BCUT2D eigenvalue weighted by Crippen LogP contribution is 2.21. The van der Waals surface area contributed by atoms with Crippen LogP contribution in [0.15, 0.2) is 18.2 Å². The number of carbonyl (C=O) groups is 1. The van der Waals surface area contributed by atoms with Gasteiger partial charge in [-0.1, -0.05) is 11.6 Å². The fourth-order valence-corrected chi connectivity index (χ4v) is 1.15. The van der Waals surface area contributed by atoms with Crippen LogP contribution < -0.4 is 11.1 Å². The Hall–Kier alpha value is -1.22. The summed E-state index contributed by atoms with van der Waals surface area (Å²) in [5, 5.41) is 3.37. The first-order valence-electron chi connectivity index (χ1n) is 3.42. The molecule has 0 aromatic heterocycles. The first kappa shape index (κ1) is 8.87. The van der Waals surface area contributed by atoms with Crippen molar-refractivity contribution in [2.75, 3.05) is 12.4 Å². The van der Waals surface area contributed by atoms with Crippen LogP contribution in [0.5, 0.6) is 0 Å². The molecule has 0 unspecified atom stereocenters. The first-order chi connectivity index (χ1) is 5.65. The monoisotopic (exact) mass is 184 g/mol. The van der Waals surface area contributed by atoms with E-state index in [0.717, 1.165) is 5.69 Å². The summed E-state index contributed by atoms with van der Waals surface area (Å²) in [7, 11) is 1.76. The third-order valence-electron chi connectivity index (χ3n) is 1.52. The zero-order valence-electron chi connectivity index (χ0n) is 6.60. The highest BCUT2D eigenvalue weighted by molar-refractivity contribution is 6.33. The van der Waals surface area contributed by atoms with Gasteiger partial charge in [-0.05, 0) is 18.2 Å². The predicted molar refractivity (Wildman–Crippen MR) is 49.5 cm³/mol. The molecule has 3 nitrogen and oxygen atoms in total. The van der Waals surface area contributed by atoms with E-state index in [4.69, 9.17) is 17.3 Å². The molecule has 0 bridgehead atoms. The van der Waals surface area contributed by atoms with E-state index in [-0.39, 0.29) is 0 Å². The zero-order chi connectivity index (χ0) is 9.14. The lowest BCUT2D eigenvalue weighted by Crippen LogP contribution is -2.10. The van der Waals surface area contributed by atoms with Crippen LogP contribution in [0.2, 0.25) is 5.02 Å². The molecule has 0 atom stereocenters. The van der Waals surface area contributed by atoms with Gasteiger partial charge < -0.3 is 11.1 Å². The fraction of sp³-hybridized carbons (Fsp3) is 0.125. The number of nitrogens with one attached hydrogen (secondary N) is 1. The SMILES string of the molecule is CNc1ccc(C(N)=O)cc1Cl. The molecule has 0 saturated heterocycles. The topological polar surface area (TPSA) is 55.1 Å². The van der Waals surface area contributed by atoms with Gasteiger partial charge in [0.1, 0.15) is 0 Å². The Kier molecular flexibility index (Phi) is 2.55. The van der Waals surface area contributed by atoms with Gasteiger partial charge in [0, 0.05) is 12.6 Å². The minimum Gasteiger partial charge on any atom is -0.387 e. The van der Waals surface area contributed by atoms with Crippen molar-refractivity contribution in [3.8, 4) is 0 Å². The molecule has 4 heteroatoms. The second-order valence-corrected chi connectivity index (χ2v) is 2.72. The predicted octanol–water partition coefficient (Wildman–Crippen LogP) is 1.48. The van der Waals surface area contributed by atoms with Gasteiger partial charge in [0.2, 0.25) is 5.91 Å². The van der Waals surface area contributed by atoms with Crippen molar-refractivity contribution >= 4 is 23.2 Å². The van der Waals surface area contributed by atoms with E-state index in [1.165, 1.54) is 6.07 Å². The number of hydrogen-bond donors (Lipinski definition) is 2. The third kappa shape index (κ3) is 1.68. The Morgan fingerprint density at radius 2 is 2.25 bits per heavy atom. The van der Waals surface area contributed by atoms with Gasteiger partial charge in [-0.15, -0.1) is 0 Å². The lowest BCUT2D eigenvalue weighted by atomic mass is 10.2. The van der Waals surface area contributed by atoms with Crippen molar-refractivity contribution in [2.45, 2.75) is 0 Å². The third-order valence-corrected chi connectivity index (χ3v) is 1.84. The number of rotatable bonds is 2. The maximum absolute atomic E-state index is 10.7. The summed E-state index contributed by atoms with van der Waals surface area (Å²) in [4.78, 5) is 10.7. The van der Waals surface area contributed by atoms with Crippen LogP contribution in [0.3, 0.4) is 0 Å². The Morgan fingerprint density at radius 1 is 1.58 bits per heavy atom.